The highest BCUT2D eigenvalue weighted by Gasteiger charge is 2.30. The van der Waals surface area contributed by atoms with Crippen LogP contribution in [0, 0.1) is 0 Å². The van der Waals surface area contributed by atoms with Crippen molar-refractivity contribution in [2.24, 2.45) is 7.05 Å². The van der Waals surface area contributed by atoms with Crippen LogP contribution in [0.25, 0.3) is 0 Å². The molecule has 0 bridgehead atoms. The van der Waals surface area contributed by atoms with Gasteiger partial charge in [0.25, 0.3) is 5.91 Å². The van der Waals surface area contributed by atoms with Crippen molar-refractivity contribution in [2.45, 2.75) is 19.8 Å². The number of amides is 1. The van der Waals surface area contributed by atoms with Gasteiger partial charge >= 0.3 is 0 Å². The van der Waals surface area contributed by atoms with E-state index >= 15 is 0 Å². The summed E-state index contributed by atoms with van der Waals surface area (Å²) in [5, 5.41) is 0.639. The molecule has 0 saturated carbocycles. The molecule has 126 valence electrons. The monoisotopic (exact) mass is 346 g/mol. The fraction of sp³-hybridized carbons (Fsp3) is 0.333. The van der Waals surface area contributed by atoms with Crippen molar-refractivity contribution in [2.75, 3.05) is 18.6 Å². The first-order chi connectivity index (χ1) is 11.4. The number of rotatable bonds is 3. The summed E-state index contributed by atoms with van der Waals surface area (Å²) in [5.41, 5.74) is 2.65. The minimum absolute atomic E-state index is 0.0654. The lowest BCUT2D eigenvalue weighted by Gasteiger charge is -2.31. The van der Waals surface area contributed by atoms with Gasteiger partial charge in [0.05, 0.1) is 12.8 Å². The molecule has 0 aliphatic carbocycles. The lowest BCUT2D eigenvalue weighted by Crippen LogP contribution is -2.36. The van der Waals surface area contributed by atoms with E-state index in [1.165, 1.54) is 6.92 Å². The molecule has 5 nitrogen and oxygen atoms in total. The molecule has 1 aromatic heterocycles. The van der Waals surface area contributed by atoms with Crippen LogP contribution in [0.3, 0.4) is 0 Å². The number of fused-ring (bicyclic) bond motifs is 1. The molecule has 24 heavy (non-hydrogen) atoms. The average Bonchev–Trinajstić information content (AvgIpc) is 2.96. The topological polar surface area (TPSA) is 51.5 Å². The Kier molecular flexibility index (Phi) is 4.37. The molecule has 0 atom stereocenters. The quantitative estimate of drug-likeness (QED) is 0.799. The number of halogens is 1. The fourth-order valence-electron chi connectivity index (χ4n) is 3.13. The molecule has 0 N–H and O–H groups in total. The summed E-state index contributed by atoms with van der Waals surface area (Å²) in [6.45, 7) is 2.08. The van der Waals surface area contributed by atoms with Gasteiger partial charge in [-0.05, 0) is 43.5 Å². The third kappa shape index (κ3) is 2.69. The zero-order valence-corrected chi connectivity index (χ0v) is 14.7. The van der Waals surface area contributed by atoms with Crippen LogP contribution < -0.4 is 9.64 Å². The number of benzene rings is 1. The standard InChI is InChI=1S/C18H19ClN2O3/c1-11(22)12-9-15(20(2)10-12)18(23)21-8-4-5-13-14(19)6-7-16(24-3)17(13)21/h6-7,9-10H,4-5,8H2,1-3H3. The predicted octanol–water partition coefficient (Wildman–Crippen LogP) is 3.48. The average molecular weight is 347 g/mol. The van der Waals surface area contributed by atoms with Crippen LogP contribution in [-0.4, -0.2) is 29.9 Å². The van der Waals surface area contributed by atoms with Gasteiger partial charge < -0.3 is 14.2 Å². The van der Waals surface area contributed by atoms with Crippen molar-refractivity contribution in [3.8, 4) is 5.75 Å². The molecule has 2 aromatic rings. The Balaban J connectivity index is 2.08. The SMILES string of the molecule is COc1ccc(Cl)c2c1N(C(=O)c1cc(C(C)=O)cn1C)CCC2. The van der Waals surface area contributed by atoms with Gasteiger partial charge in [-0.1, -0.05) is 11.6 Å². The lowest BCUT2D eigenvalue weighted by atomic mass is 10.00. The van der Waals surface area contributed by atoms with Crippen LogP contribution in [0.1, 0.15) is 39.8 Å². The summed E-state index contributed by atoms with van der Waals surface area (Å²) in [5.74, 6) is 0.402. The maximum absolute atomic E-state index is 13.1. The summed E-state index contributed by atoms with van der Waals surface area (Å²) < 4.78 is 7.13. The number of methoxy groups -OCH3 is 1. The first kappa shape index (κ1) is 16.6. The number of carbonyl (C=O) groups excluding carboxylic acids is 2. The molecule has 6 heteroatoms. The van der Waals surface area contributed by atoms with Crippen LogP contribution in [0.5, 0.6) is 5.75 Å². The fourth-order valence-corrected chi connectivity index (χ4v) is 3.37. The number of aryl methyl sites for hydroxylation is 1. The minimum atomic E-state index is -0.161. The van der Waals surface area contributed by atoms with Crippen molar-refractivity contribution in [3.05, 3.63) is 46.2 Å². The summed E-state index contributed by atoms with van der Waals surface area (Å²) >= 11 is 6.32. The number of ketones is 1. The Morgan fingerprint density at radius 2 is 2.04 bits per heavy atom. The number of aromatic nitrogens is 1. The second-order valence-electron chi connectivity index (χ2n) is 5.92. The third-order valence-electron chi connectivity index (χ3n) is 4.36. The van der Waals surface area contributed by atoms with E-state index in [4.69, 9.17) is 16.3 Å². The van der Waals surface area contributed by atoms with Gasteiger partial charge in [-0.3, -0.25) is 9.59 Å². The van der Waals surface area contributed by atoms with Crippen molar-refractivity contribution in [3.63, 3.8) is 0 Å². The Hall–Kier alpha value is -2.27. The second-order valence-corrected chi connectivity index (χ2v) is 6.33. The lowest BCUT2D eigenvalue weighted by molar-refractivity contribution is 0.0976. The van der Waals surface area contributed by atoms with E-state index in [1.807, 2.05) is 0 Å². The van der Waals surface area contributed by atoms with Crippen molar-refractivity contribution in [1.29, 1.82) is 0 Å². The highest BCUT2D eigenvalue weighted by Crippen LogP contribution is 2.40. The van der Waals surface area contributed by atoms with Crippen LogP contribution >= 0.6 is 11.6 Å². The number of nitrogens with zero attached hydrogens (tertiary/aromatic N) is 2. The number of hydrogen-bond donors (Lipinski definition) is 0. The zero-order chi connectivity index (χ0) is 17.4. The maximum Gasteiger partial charge on any atom is 0.275 e. The van der Waals surface area contributed by atoms with Crippen molar-refractivity contribution >= 4 is 29.0 Å². The Labute approximate surface area is 145 Å². The first-order valence-corrected chi connectivity index (χ1v) is 8.16. The van der Waals surface area contributed by atoms with E-state index in [1.54, 1.807) is 48.0 Å². The van der Waals surface area contributed by atoms with Gasteiger partial charge in [0, 0.05) is 30.4 Å². The van der Waals surface area contributed by atoms with E-state index in [0.717, 1.165) is 24.1 Å². The van der Waals surface area contributed by atoms with Gasteiger partial charge in [0.2, 0.25) is 0 Å². The summed E-state index contributed by atoms with van der Waals surface area (Å²) in [6.07, 6.45) is 3.31. The van der Waals surface area contributed by atoms with Gasteiger partial charge in [0.15, 0.2) is 5.78 Å². The van der Waals surface area contributed by atoms with Crippen LogP contribution in [0.15, 0.2) is 24.4 Å². The summed E-state index contributed by atoms with van der Waals surface area (Å²) in [7, 11) is 3.34. The van der Waals surface area contributed by atoms with Crippen LogP contribution in [-0.2, 0) is 13.5 Å². The molecular formula is C18H19ClN2O3. The molecule has 1 aliphatic heterocycles. The van der Waals surface area contributed by atoms with Gasteiger partial charge in [-0.25, -0.2) is 0 Å². The molecule has 0 radical (unpaired) electrons. The van der Waals surface area contributed by atoms with Crippen LogP contribution in [0.2, 0.25) is 5.02 Å². The van der Waals surface area contributed by atoms with E-state index < -0.39 is 0 Å². The summed E-state index contributed by atoms with van der Waals surface area (Å²) in [4.78, 5) is 26.4. The normalized spacial score (nSPS) is 13.6. The van der Waals surface area contributed by atoms with Crippen molar-refractivity contribution < 1.29 is 14.3 Å². The zero-order valence-electron chi connectivity index (χ0n) is 13.9. The molecule has 0 unspecified atom stereocenters. The maximum atomic E-state index is 13.1. The van der Waals surface area contributed by atoms with Gasteiger partial charge in [0.1, 0.15) is 11.4 Å². The highest BCUT2D eigenvalue weighted by atomic mass is 35.5. The van der Waals surface area contributed by atoms with Crippen molar-refractivity contribution in [1.82, 2.24) is 4.57 Å². The van der Waals surface area contributed by atoms with E-state index in [9.17, 15) is 9.59 Å². The molecule has 0 fully saturated rings. The molecule has 1 amide bonds. The van der Waals surface area contributed by atoms with E-state index in [0.29, 0.717) is 28.6 Å². The predicted molar refractivity (Wildman–Crippen MR) is 93.4 cm³/mol. The van der Waals surface area contributed by atoms with Crippen LogP contribution in [0.4, 0.5) is 5.69 Å². The molecule has 1 aliphatic rings. The van der Waals surface area contributed by atoms with E-state index in [2.05, 4.69) is 0 Å². The molecule has 2 heterocycles. The Bertz CT molecular complexity index is 826. The first-order valence-electron chi connectivity index (χ1n) is 7.78. The molecule has 0 saturated heterocycles. The van der Waals surface area contributed by atoms with Gasteiger partial charge in [-0.2, -0.15) is 0 Å². The van der Waals surface area contributed by atoms with Gasteiger partial charge in [-0.15, -0.1) is 0 Å². The smallest absolute Gasteiger partial charge is 0.275 e. The number of hydrogen-bond acceptors (Lipinski definition) is 3. The molecular weight excluding hydrogens is 328 g/mol. The van der Waals surface area contributed by atoms with E-state index in [-0.39, 0.29) is 11.7 Å². The largest absolute Gasteiger partial charge is 0.495 e. The molecule has 1 aromatic carbocycles. The highest BCUT2D eigenvalue weighted by molar-refractivity contribution is 6.32. The summed E-state index contributed by atoms with van der Waals surface area (Å²) in [6, 6.07) is 5.21. The molecule has 0 spiro atoms. The number of anilines is 1. The number of carbonyl (C=O) groups is 2. The molecule has 3 rings (SSSR count). The Morgan fingerprint density at radius 3 is 2.67 bits per heavy atom. The Morgan fingerprint density at radius 1 is 1.29 bits per heavy atom. The number of ether oxygens (including phenoxy) is 1. The minimum Gasteiger partial charge on any atom is -0.495 e. The third-order valence-corrected chi connectivity index (χ3v) is 4.72. The number of Topliss-reactive ketones (excluding diaryl/α,β-unsaturated/α-hetero) is 1. The second kappa shape index (κ2) is 6.32.